The average Bonchev–Trinajstić information content (AvgIpc) is 2.99. The Bertz CT molecular complexity index is 662. The largest absolute Gasteiger partial charge is 0.356 e. The molecule has 2 aromatic rings. The topological polar surface area (TPSA) is 61.3 Å². The summed E-state index contributed by atoms with van der Waals surface area (Å²) in [5.74, 6) is 2.92. The molecule has 0 unspecified atom stereocenters. The molecule has 0 aliphatic carbocycles. The second-order valence-electron chi connectivity index (χ2n) is 6.66. The minimum atomic E-state index is 0.815. The molecule has 2 aromatic heterocycles. The van der Waals surface area contributed by atoms with Crippen molar-refractivity contribution in [3.63, 3.8) is 0 Å². The molecule has 132 valence electrons. The second kappa shape index (κ2) is 7.63. The zero-order valence-electron chi connectivity index (χ0n) is 14.6. The quantitative estimate of drug-likeness (QED) is 0.847. The van der Waals surface area contributed by atoms with Gasteiger partial charge in [-0.15, -0.1) is 0 Å². The first kappa shape index (κ1) is 16.1. The minimum Gasteiger partial charge on any atom is -0.356 e. The van der Waals surface area contributed by atoms with Gasteiger partial charge < -0.3 is 14.7 Å². The Morgan fingerprint density at radius 1 is 0.600 bits per heavy atom. The van der Waals surface area contributed by atoms with Crippen LogP contribution in [0.15, 0.2) is 30.9 Å². The molecule has 2 fully saturated rings. The molecule has 0 radical (unpaired) electrons. The molecule has 0 saturated carbocycles. The number of rotatable bonds is 3. The van der Waals surface area contributed by atoms with Crippen molar-refractivity contribution in [3.05, 3.63) is 30.9 Å². The van der Waals surface area contributed by atoms with E-state index in [9.17, 15) is 0 Å². The van der Waals surface area contributed by atoms with Crippen LogP contribution in [0.1, 0.15) is 25.7 Å². The van der Waals surface area contributed by atoms with Crippen molar-refractivity contribution >= 4 is 17.6 Å². The van der Waals surface area contributed by atoms with Crippen molar-refractivity contribution in [1.29, 1.82) is 0 Å². The van der Waals surface area contributed by atoms with Crippen LogP contribution in [0.2, 0.25) is 0 Å². The third-order valence-corrected chi connectivity index (χ3v) is 5.01. The van der Waals surface area contributed by atoms with E-state index in [1.165, 1.54) is 25.7 Å². The Labute approximate surface area is 148 Å². The smallest absolute Gasteiger partial charge is 0.225 e. The van der Waals surface area contributed by atoms with E-state index < -0.39 is 0 Å². The molecule has 0 atom stereocenters. The van der Waals surface area contributed by atoms with Crippen LogP contribution in [-0.2, 0) is 0 Å². The molecular formula is C18H25N7. The summed E-state index contributed by atoms with van der Waals surface area (Å²) in [5, 5.41) is 0. The molecule has 25 heavy (non-hydrogen) atoms. The van der Waals surface area contributed by atoms with E-state index in [0.717, 1.165) is 56.9 Å². The van der Waals surface area contributed by atoms with Crippen molar-refractivity contribution in [2.24, 2.45) is 0 Å². The van der Waals surface area contributed by atoms with Crippen LogP contribution in [0, 0.1) is 0 Å². The molecule has 0 bridgehead atoms. The maximum Gasteiger partial charge on any atom is 0.225 e. The van der Waals surface area contributed by atoms with Gasteiger partial charge in [-0.3, -0.25) is 0 Å². The molecule has 7 heteroatoms. The molecular weight excluding hydrogens is 314 g/mol. The first-order chi connectivity index (χ1) is 12.4. The predicted molar refractivity (Wildman–Crippen MR) is 99.2 cm³/mol. The SMILES string of the molecule is c1cnc(N2CCN(c3cc(N4CCCCCC4)ncn3)CC2)nc1. The molecule has 0 spiro atoms. The third-order valence-electron chi connectivity index (χ3n) is 5.01. The van der Waals surface area contributed by atoms with Crippen molar-refractivity contribution < 1.29 is 0 Å². The summed E-state index contributed by atoms with van der Waals surface area (Å²) in [6.45, 7) is 5.88. The molecule has 0 N–H and O–H groups in total. The van der Waals surface area contributed by atoms with Crippen LogP contribution in [0.25, 0.3) is 0 Å². The molecule has 7 nitrogen and oxygen atoms in total. The van der Waals surface area contributed by atoms with E-state index in [-0.39, 0.29) is 0 Å². The Morgan fingerprint density at radius 3 is 1.80 bits per heavy atom. The summed E-state index contributed by atoms with van der Waals surface area (Å²) >= 11 is 0. The Morgan fingerprint density at radius 2 is 1.16 bits per heavy atom. The summed E-state index contributed by atoms with van der Waals surface area (Å²) < 4.78 is 0. The van der Waals surface area contributed by atoms with Crippen LogP contribution in [-0.4, -0.2) is 59.2 Å². The van der Waals surface area contributed by atoms with Gasteiger partial charge in [0.2, 0.25) is 5.95 Å². The molecule has 2 aliphatic rings. The highest BCUT2D eigenvalue weighted by molar-refractivity contribution is 5.51. The number of hydrogen-bond donors (Lipinski definition) is 0. The summed E-state index contributed by atoms with van der Waals surface area (Å²) in [5.41, 5.74) is 0. The highest BCUT2D eigenvalue weighted by atomic mass is 15.3. The predicted octanol–water partition coefficient (Wildman–Crippen LogP) is 1.97. The van der Waals surface area contributed by atoms with Crippen LogP contribution >= 0.6 is 0 Å². The number of piperazine rings is 1. The van der Waals surface area contributed by atoms with Gasteiger partial charge in [0.1, 0.15) is 18.0 Å². The standard InChI is InChI=1S/C18H25N7/c1-2-4-9-23(8-3-1)16-14-17(22-15-21-16)24-10-12-25(13-11-24)18-19-6-5-7-20-18/h5-7,14-15H,1-4,8-13H2. The van der Waals surface area contributed by atoms with Gasteiger partial charge >= 0.3 is 0 Å². The fraction of sp³-hybridized carbons (Fsp3) is 0.556. The van der Waals surface area contributed by atoms with E-state index in [4.69, 9.17) is 0 Å². The van der Waals surface area contributed by atoms with E-state index in [1.54, 1.807) is 18.7 Å². The highest BCUT2D eigenvalue weighted by Crippen LogP contribution is 2.22. The summed E-state index contributed by atoms with van der Waals surface area (Å²) in [7, 11) is 0. The zero-order chi connectivity index (χ0) is 16.9. The second-order valence-corrected chi connectivity index (χ2v) is 6.66. The van der Waals surface area contributed by atoms with Crippen LogP contribution in [0.5, 0.6) is 0 Å². The molecule has 4 heterocycles. The molecule has 4 rings (SSSR count). The van der Waals surface area contributed by atoms with Crippen molar-refractivity contribution in [2.75, 3.05) is 54.0 Å². The maximum absolute atomic E-state index is 4.52. The van der Waals surface area contributed by atoms with Gasteiger partial charge in [0, 0.05) is 57.7 Å². The third kappa shape index (κ3) is 3.81. The van der Waals surface area contributed by atoms with E-state index in [1.807, 2.05) is 6.07 Å². The van der Waals surface area contributed by atoms with Gasteiger partial charge in [-0.25, -0.2) is 19.9 Å². The Kier molecular flexibility index (Phi) is 4.90. The van der Waals surface area contributed by atoms with Crippen LogP contribution in [0.3, 0.4) is 0 Å². The van der Waals surface area contributed by atoms with E-state index in [2.05, 4.69) is 40.7 Å². The normalized spacial score (nSPS) is 19.0. The van der Waals surface area contributed by atoms with Gasteiger partial charge in [-0.2, -0.15) is 0 Å². The lowest BCUT2D eigenvalue weighted by Gasteiger charge is -2.35. The average molecular weight is 339 g/mol. The number of anilines is 3. The first-order valence-corrected chi connectivity index (χ1v) is 9.24. The van der Waals surface area contributed by atoms with Crippen LogP contribution in [0.4, 0.5) is 17.6 Å². The van der Waals surface area contributed by atoms with Crippen molar-refractivity contribution in [1.82, 2.24) is 19.9 Å². The molecule has 0 aromatic carbocycles. The Balaban J connectivity index is 1.42. The van der Waals surface area contributed by atoms with Crippen molar-refractivity contribution in [3.8, 4) is 0 Å². The summed E-state index contributed by atoms with van der Waals surface area (Å²) in [4.78, 5) is 24.7. The van der Waals surface area contributed by atoms with Crippen LogP contribution < -0.4 is 14.7 Å². The van der Waals surface area contributed by atoms with Gasteiger partial charge in [0.25, 0.3) is 0 Å². The van der Waals surface area contributed by atoms with E-state index in [0.29, 0.717) is 0 Å². The van der Waals surface area contributed by atoms with Gasteiger partial charge in [-0.1, -0.05) is 12.8 Å². The fourth-order valence-corrected chi connectivity index (χ4v) is 3.57. The lowest BCUT2D eigenvalue weighted by Crippen LogP contribution is -2.47. The van der Waals surface area contributed by atoms with Crippen molar-refractivity contribution in [2.45, 2.75) is 25.7 Å². The highest BCUT2D eigenvalue weighted by Gasteiger charge is 2.21. The van der Waals surface area contributed by atoms with E-state index >= 15 is 0 Å². The minimum absolute atomic E-state index is 0.815. The molecule has 2 aliphatic heterocycles. The lowest BCUT2D eigenvalue weighted by atomic mass is 10.2. The van der Waals surface area contributed by atoms with Gasteiger partial charge in [0.15, 0.2) is 0 Å². The molecule has 2 saturated heterocycles. The fourth-order valence-electron chi connectivity index (χ4n) is 3.57. The monoisotopic (exact) mass is 339 g/mol. The van der Waals surface area contributed by atoms with Gasteiger partial charge in [-0.05, 0) is 18.9 Å². The number of hydrogen-bond acceptors (Lipinski definition) is 7. The zero-order valence-corrected chi connectivity index (χ0v) is 14.6. The maximum atomic E-state index is 4.52. The summed E-state index contributed by atoms with van der Waals surface area (Å²) in [6, 6.07) is 4.00. The van der Waals surface area contributed by atoms with Gasteiger partial charge in [0.05, 0.1) is 0 Å². The molecule has 0 amide bonds. The lowest BCUT2D eigenvalue weighted by molar-refractivity contribution is 0.633. The first-order valence-electron chi connectivity index (χ1n) is 9.24. The Hall–Kier alpha value is -2.44. The number of nitrogens with zero attached hydrogens (tertiary/aromatic N) is 7. The number of aromatic nitrogens is 4. The summed E-state index contributed by atoms with van der Waals surface area (Å²) in [6.07, 6.45) is 10.5.